The zero-order valence-corrected chi connectivity index (χ0v) is 19.8. The van der Waals surface area contributed by atoms with Crippen molar-refractivity contribution in [2.45, 2.75) is 30.9 Å². The maximum absolute atomic E-state index is 14.7. The normalized spacial score (nSPS) is 19.2. The Morgan fingerprint density at radius 3 is 2.63 bits per heavy atom. The molecule has 2 amide bonds. The number of fused-ring (bicyclic) bond motifs is 1. The lowest BCUT2D eigenvalue weighted by atomic mass is 10.1. The molecule has 12 nitrogen and oxygen atoms in total. The molecule has 0 aliphatic carbocycles. The van der Waals surface area contributed by atoms with Crippen LogP contribution in [0.4, 0.5) is 23.4 Å². The molecule has 1 fully saturated rings. The quantitative estimate of drug-likeness (QED) is 0.400. The Morgan fingerprint density at radius 1 is 1.29 bits per heavy atom. The van der Waals surface area contributed by atoms with Crippen molar-refractivity contribution in [3.63, 3.8) is 0 Å². The summed E-state index contributed by atoms with van der Waals surface area (Å²) < 4.78 is 60.3. The van der Waals surface area contributed by atoms with Crippen LogP contribution in [0.25, 0.3) is 16.8 Å². The Kier molecular flexibility index (Phi) is 6.57. The predicted molar refractivity (Wildman–Crippen MR) is 121 cm³/mol. The monoisotopic (exact) mass is 536 g/mol. The van der Waals surface area contributed by atoms with E-state index in [-0.39, 0.29) is 35.3 Å². The van der Waals surface area contributed by atoms with E-state index in [0.717, 1.165) is 0 Å². The average Bonchev–Trinajstić information content (AvgIpc) is 3.43. The standard InChI is InChI=1S/C22H20F4N8O4/c1-21(37,22(24,25)26)20(36)33-7-13(23)14(8-33)32-18(35)12-3-11(6-29-19(12)38-2)15-4-10(5-27)16-17(28)30-9-31-34(15)16/h3-4,6,9,13-14,37H,7-8H2,1-2H3,(H,32,35)(H2,28,30,31)/t13-,14+,21+/m0/s1. The van der Waals surface area contributed by atoms with Crippen molar-refractivity contribution in [1.82, 2.24) is 29.8 Å². The zero-order valence-electron chi connectivity index (χ0n) is 19.8. The second kappa shape index (κ2) is 9.41. The molecule has 4 heterocycles. The molecular weight excluding hydrogens is 516 g/mol. The van der Waals surface area contributed by atoms with Crippen LogP contribution in [0, 0.1) is 11.3 Å². The first-order valence-electron chi connectivity index (χ1n) is 10.9. The fourth-order valence-electron chi connectivity index (χ4n) is 4.02. The second-order valence-electron chi connectivity index (χ2n) is 8.62. The van der Waals surface area contributed by atoms with E-state index >= 15 is 0 Å². The number of likely N-dealkylation sites (tertiary alicyclic amines) is 1. The number of carbonyl (C=O) groups is 2. The number of nitrogens with one attached hydrogen (secondary N) is 1. The number of halogens is 4. The Bertz CT molecular complexity index is 1470. The van der Waals surface area contributed by atoms with Crippen LogP contribution in [0.15, 0.2) is 24.7 Å². The van der Waals surface area contributed by atoms with E-state index in [1.807, 2.05) is 6.07 Å². The molecule has 3 aromatic heterocycles. The number of hydrogen-bond donors (Lipinski definition) is 3. The first-order valence-corrected chi connectivity index (χ1v) is 10.9. The second-order valence-corrected chi connectivity index (χ2v) is 8.62. The third kappa shape index (κ3) is 4.41. The number of methoxy groups -OCH3 is 1. The molecule has 16 heteroatoms. The highest BCUT2D eigenvalue weighted by molar-refractivity contribution is 5.98. The van der Waals surface area contributed by atoms with Crippen LogP contribution in [0.5, 0.6) is 5.88 Å². The van der Waals surface area contributed by atoms with Crippen molar-refractivity contribution >= 4 is 23.1 Å². The van der Waals surface area contributed by atoms with Crippen LogP contribution in [0.3, 0.4) is 0 Å². The van der Waals surface area contributed by atoms with Crippen molar-refractivity contribution < 1.29 is 37.0 Å². The van der Waals surface area contributed by atoms with Gasteiger partial charge in [-0.15, -0.1) is 0 Å². The summed E-state index contributed by atoms with van der Waals surface area (Å²) in [6.07, 6.45) is -4.69. The average molecular weight is 536 g/mol. The van der Waals surface area contributed by atoms with Gasteiger partial charge in [-0.3, -0.25) is 9.59 Å². The highest BCUT2D eigenvalue weighted by atomic mass is 19.4. The van der Waals surface area contributed by atoms with Gasteiger partial charge in [0, 0.05) is 18.3 Å². The number of aliphatic hydroxyl groups is 1. The van der Waals surface area contributed by atoms with Crippen LogP contribution in [-0.4, -0.2) is 85.6 Å². The number of aromatic nitrogens is 4. The molecule has 38 heavy (non-hydrogen) atoms. The van der Waals surface area contributed by atoms with Gasteiger partial charge in [-0.05, 0) is 19.1 Å². The van der Waals surface area contributed by atoms with E-state index in [9.17, 15) is 37.5 Å². The minimum Gasteiger partial charge on any atom is -0.480 e. The lowest BCUT2D eigenvalue weighted by Gasteiger charge is -2.29. The van der Waals surface area contributed by atoms with Crippen molar-refractivity contribution in [3.8, 4) is 23.2 Å². The number of rotatable bonds is 5. The van der Waals surface area contributed by atoms with Crippen LogP contribution >= 0.6 is 0 Å². The number of carbonyl (C=O) groups excluding carboxylic acids is 2. The van der Waals surface area contributed by atoms with E-state index in [0.29, 0.717) is 16.2 Å². The van der Waals surface area contributed by atoms with Gasteiger partial charge in [-0.1, -0.05) is 0 Å². The molecule has 0 spiro atoms. The van der Waals surface area contributed by atoms with Gasteiger partial charge >= 0.3 is 6.18 Å². The summed E-state index contributed by atoms with van der Waals surface area (Å²) in [6.45, 7) is -1.10. The van der Waals surface area contributed by atoms with Crippen LogP contribution < -0.4 is 15.8 Å². The Morgan fingerprint density at radius 2 is 2.00 bits per heavy atom. The topological polar surface area (TPSA) is 172 Å². The third-order valence-electron chi connectivity index (χ3n) is 6.11. The summed E-state index contributed by atoms with van der Waals surface area (Å²) in [5.74, 6) is -2.74. The van der Waals surface area contributed by atoms with Crippen molar-refractivity contribution in [2.75, 3.05) is 25.9 Å². The highest BCUT2D eigenvalue weighted by Crippen LogP contribution is 2.33. The molecule has 1 aliphatic rings. The molecule has 200 valence electrons. The summed E-state index contributed by atoms with van der Waals surface area (Å²) in [7, 11) is 1.24. The highest BCUT2D eigenvalue weighted by Gasteiger charge is 2.58. The van der Waals surface area contributed by atoms with Crippen molar-refractivity contribution in [3.05, 3.63) is 35.8 Å². The van der Waals surface area contributed by atoms with Gasteiger partial charge in [0.25, 0.3) is 11.8 Å². The van der Waals surface area contributed by atoms with Gasteiger partial charge in [-0.2, -0.15) is 23.5 Å². The van der Waals surface area contributed by atoms with Gasteiger partial charge in [0.2, 0.25) is 11.5 Å². The number of alkyl halides is 4. The largest absolute Gasteiger partial charge is 0.480 e. The van der Waals surface area contributed by atoms with E-state index in [1.54, 1.807) is 0 Å². The fourth-order valence-corrected chi connectivity index (χ4v) is 4.02. The number of nitrogen functional groups attached to an aromatic ring is 1. The minimum absolute atomic E-state index is 0.0426. The molecule has 0 radical (unpaired) electrons. The molecule has 4 rings (SSSR count). The number of amides is 2. The van der Waals surface area contributed by atoms with Crippen molar-refractivity contribution in [2.24, 2.45) is 0 Å². The molecule has 1 aliphatic heterocycles. The molecule has 1 saturated heterocycles. The first kappa shape index (κ1) is 26.5. The first-order chi connectivity index (χ1) is 17.8. The summed E-state index contributed by atoms with van der Waals surface area (Å²) in [5, 5.41) is 25.5. The number of pyridine rings is 1. The third-order valence-corrected chi connectivity index (χ3v) is 6.11. The lowest BCUT2D eigenvalue weighted by molar-refractivity contribution is -0.249. The number of nitrogens with two attached hydrogens (primary N) is 1. The Balaban J connectivity index is 1.62. The molecule has 0 unspecified atom stereocenters. The minimum atomic E-state index is -5.28. The molecule has 3 atom stereocenters. The smallest absolute Gasteiger partial charge is 0.426 e. The Labute approximate surface area is 211 Å². The van der Waals surface area contributed by atoms with Gasteiger partial charge < -0.3 is 25.8 Å². The van der Waals surface area contributed by atoms with Crippen LogP contribution in [0.1, 0.15) is 22.8 Å². The lowest BCUT2D eigenvalue weighted by Crippen LogP contribution is -2.56. The van der Waals surface area contributed by atoms with Gasteiger partial charge in [0.15, 0.2) is 5.82 Å². The van der Waals surface area contributed by atoms with E-state index in [2.05, 4.69) is 20.4 Å². The van der Waals surface area contributed by atoms with Crippen LogP contribution in [-0.2, 0) is 4.79 Å². The molecule has 0 aromatic carbocycles. The number of nitriles is 1. The maximum Gasteiger partial charge on any atom is 0.426 e. The summed E-state index contributed by atoms with van der Waals surface area (Å²) >= 11 is 0. The Hall–Kier alpha value is -4.52. The van der Waals surface area contributed by atoms with Crippen molar-refractivity contribution in [1.29, 1.82) is 5.26 Å². The summed E-state index contributed by atoms with van der Waals surface area (Å²) in [5.41, 5.74) is 3.00. The molecule has 3 aromatic rings. The van der Waals surface area contributed by atoms with Gasteiger partial charge in [0.1, 0.15) is 29.6 Å². The van der Waals surface area contributed by atoms with Crippen LogP contribution in [0.2, 0.25) is 0 Å². The molecular formula is C22H20F4N8O4. The zero-order chi connectivity index (χ0) is 28.0. The number of hydrogen-bond acceptors (Lipinski definition) is 9. The van der Waals surface area contributed by atoms with E-state index < -0.39 is 48.9 Å². The molecule has 4 N–H and O–H groups in total. The molecule has 0 saturated carbocycles. The van der Waals surface area contributed by atoms with Gasteiger partial charge in [-0.25, -0.2) is 18.9 Å². The number of nitrogens with zero attached hydrogens (tertiary/aromatic N) is 6. The summed E-state index contributed by atoms with van der Waals surface area (Å²) in [6, 6.07) is 3.39. The summed E-state index contributed by atoms with van der Waals surface area (Å²) in [4.78, 5) is 33.7. The SMILES string of the molecule is COc1ncc(-c2cc(C#N)c3c(N)ncnn23)cc1C(=O)N[C@@H]1CN(C(=O)[C@@](C)(O)C(F)(F)F)C[C@@H]1F. The fraction of sp³-hybridized carbons (Fsp3) is 0.364. The maximum atomic E-state index is 14.7. The van der Waals surface area contributed by atoms with Gasteiger partial charge in [0.05, 0.1) is 31.0 Å². The van der Waals surface area contributed by atoms with E-state index in [4.69, 9.17) is 10.5 Å². The number of ether oxygens (including phenoxy) is 1. The van der Waals surface area contributed by atoms with E-state index in [1.165, 1.54) is 36.3 Å². The predicted octanol–water partition coefficient (Wildman–Crippen LogP) is 0.846. The molecule has 0 bridgehead atoms. The number of anilines is 1.